The van der Waals surface area contributed by atoms with Crippen molar-refractivity contribution in [1.29, 1.82) is 0 Å². The molecular formula is C41H56FN5O7. The molecule has 1 aliphatic rings. The molecule has 1 saturated heterocycles. The van der Waals surface area contributed by atoms with Gasteiger partial charge in [-0.05, 0) is 37.5 Å². The molecule has 1 amide bonds. The zero-order chi connectivity index (χ0) is 39.5. The van der Waals surface area contributed by atoms with Crippen molar-refractivity contribution in [3.63, 3.8) is 0 Å². The summed E-state index contributed by atoms with van der Waals surface area (Å²) in [5, 5.41) is 13.1. The minimum absolute atomic E-state index is 0.0170. The molecular weight excluding hydrogens is 693 g/mol. The van der Waals surface area contributed by atoms with Crippen LogP contribution in [0, 0.1) is 32.3 Å². The fourth-order valence-corrected chi connectivity index (χ4v) is 7.38. The Balaban J connectivity index is 1.40. The first-order valence-electron chi connectivity index (χ1n) is 19.2. The smallest absolute Gasteiger partial charge is 0.312 e. The zero-order valence-electron chi connectivity index (χ0n) is 32.6. The van der Waals surface area contributed by atoms with Crippen LogP contribution in [0.1, 0.15) is 141 Å². The number of unbranched alkanes of at least 4 members (excludes halogenated alkanes) is 10. The quantitative estimate of drug-likeness (QED) is 0.0386. The summed E-state index contributed by atoms with van der Waals surface area (Å²) in [5.74, 6) is 1.33. The number of nitrogens with zero attached hydrogens (tertiary/aromatic N) is 4. The molecule has 54 heavy (non-hydrogen) atoms. The molecule has 0 bridgehead atoms. The van der Waals surface area contributed by atoms with Gasteiger partial charge in [-0.25, -0.2) is 4.98 Å². The van der Waals surface area contributed by atoms with Crippen LogP contribution < -0.4 is 10.1 Å². The number of carbonyl (C=O) groups is 3. The minimum Gasteiger partial charge on any atom is -0.458 e. The number of ether oxygens (including phenoxy) is 3. The summed E-state index contributed by atoms with van der Waals surface area (Å²) in [6.45, 7) is 10.3. The van der Waals surface area contributed by atoms with E-state index in [1.165, 1.54) is 62.8 Å². The molecule has 3 atom stereocenters. The molecule has 2 aromatic heterocycles. The van der Waals surface area contributed by atoms with E-state index in [1.54, 1.807) is 6.07 Å². The van der Waals surface area contributed by atoms with Gasteiger partial charge in [0.15, 0.2) is 22.6 Å². The number of aryl methyl sites for hydroxylation is 2. The number of aromatic nitrogens is 4. The average molecular weight is 750 g/mol. The number of nitrogens with one attached hydrogen (secondary N) is 1. The second kappa shape index (κ2) is 19.3. The van der Waals surface area contributed by atoms with Crippen molar-refractivity contribution in [2.45, 2.75) is 155 Å². The number of anilines is 1. The van der Waals surface area contributed by atoms with Crippen molar-refractivity contribution in [2.75, 3.05) is 11.9 Å². The number of carbonyl (C=O) groups excluding carboxylic acids is 3. The normalized spacial score (nSPS) is 18.4. The van der Waals surface area contributed by atoms with E-state index in [4.69, 9.17) is 20.6 Å². The lowest BCUT2D eigenvalue weighted by Gasteiger charge is -2.31. The first-order chi connectivity index (χ1) is 25.7. The Bertz CT molecular complexity index is 1820. The Labute approximate surface area is 318 Å². The Morgan fingerprint density at radius 2 is 1.72 bits per heavy atom. The van der Waals surface area contributed by atoms with Gasteiger partial charge < -0.3 is 24.6 Å². The minimum atomic E-state index is -1.72. The van der Waals surface area contributed by atoms with E-state index in [1.807, 2.05) is 33.8 Å². The molecule has 13 heteroatoms. The molecule has 4 rings (SSSR count). The van der Waals surface area contributed by atoms with Crippen molar-refractivity contribution < 1.29 is 38.1 Å². The van der Waals surface area contributed by atoms with Crippen LogP contribution in [-0.4, -0.2) is 60.8 Å². The van der Waals surface area contributed by atoms with Gasteiger partial charge >= 0.3 is 18.0 Å². The number of hydrogen-bond donors (Lipinski definition) is 2. The fraction of sp³-hybridized carbons (Fsp3) is 0.610. The van der Waals surface area contributed by atoms with E-state index >= 15 is 0 Å². The number of halogens is 1. The molecule has 12 nitrogen and oxygen atoms in total. The summed E-state index contributed by atoms with van der Waals surface area (Å²) in [6.07, 6.45) is 17.0. The van der Waals surface area contributed by atoms with Crippen LogP contribution in [0.25, 0.3) is 11.2 Å². The van der Waals surface area contributed by atoms with E-state index in [0.29, 0.717) is 17.7 Å². The predicted molar refractivity (Wildman–Crippen MR) is 203 cm³/mol. The van der Waals surface area contributed by atoms with Crippen molar-refractivity contribution in [3.05, 3.63) is 41.2 Å². The number of amides is 1. The number of rotatable bonds is 20. The molecule has 1 aliphatic heterocycles. The van der Waals surface area contributed by atoms with Gasteiger partial charge in [0.05, 0.1) is 19.4 Å². The van der Waals surface area contributed by atoms with Crippen molar-refractivity contribution >= 4 is 34.8 Å². The summed E-state index contributed by atoms with van der Waals surface area (Å²) in [4.78, 5) is 50.3. The first-order valence-corrected chi connectivity index (χ1v) is 19.2. The number of imidazole rings is 1. The number of fused-ring (bicyclic) bond motifs is 1. The molecule has 1 aromatic carbocycles. The third kappa shape index (κ3) is 10.8. The highest BCUT2D eigenvalue weighted by Crippen LogP contribution is 2.42. The van der Waals surface area contributed by atoms with Crippen LogP contribution in [0.3, 0.4) is 0 Å². The predicted octanol–water partition coefficient (Wildman–Crippen LogP) is 7.71. The summed E-state index contributed by atoms with van der Waals surface area (Å²) < 4.78 is 33.8. The highest BCUT2D eigenvalue weighted by Gasteiger charge is 2.51. The zero-order valence-corrected chi connectivity index (χ0v) is 32.6. The van der Waals surface area contributed by atoms with Crippen LogP contribution in [0.2, 0.25) is 0 Å². The Kier molecular flexibility index (Phi) is 15.1. The van der Waals surface area contributed by atoms with Gasteiger partial charge in [-0.1, -0.05) is 97.0 Å². The molecule has 0 saturated carbocycles. The van der Waals surface area contributed by atoms with Gasteiger partial charge in [-0.3, -0.25) is 19.0 Å². The summed E-state index contributed by atoms with van der Waals surface area (Å²) >= 11 is 0. The molecule has 0 unspecified atom stereocenters. The molecule has 0 radical (unpaired) electrons. The highest BCUT2D eigenvalue weighted by atomic mass is 19.1. The largest absolute Gasteiger partial charge is 0.458 e. The number of benzene rings is 1. The number of terminal acetylenes is 1. The lowest BCUT2D eigenvalue weighted by atomic mass is 9.78. The molecule has 3 aromatic rings. The maximum absolute atomic E-state index is 14.8. The maximum atomic E-state index is 14.8. The average Bonchev–Trinajstić information content (AvgIpc) is 3.67. The maximum Gasteiger partial charge on any atom is 0.312 e. The molecule has 3 heterocycles. The molecule has 0 spiro atoms. The van der Waals surface area contributed by atoms with Crippen LogP contribution >= 0.6 is 0 Å². The van der Waals surface area contributed by atoms with E-state index in [9.17, 15) is 23.9 Å². The fourth-order valence-electron chi connectivity index (χ4n) is 7.38. The van der Waals surface area contributed by atoms with E-state index in [0.717, 1.165) is 30.4 Å². The SMILES string of the molecule is C#C[C@]1(CO)O[C@@H](n2cnc3c(NC(=O)CCCCCCCCCCCCC)nc(F)nc32)C[C@@H]1OC(=O)CC(C)(C)c1c(C)cc(C)cc1OC(C)=O. The number of aliphatic hydroxyl groups is 1. The molecule has 294 valence electrons. The Hall–Kier alpha value is -4.41. The molecule has 1 fully saturated rings. The second-order valence-corrected chi connectivity index (χ2v) is 15.1. The van der Waals surface area contributed by atoms with Crippen LogP contribution in [0.15, 0.2) is 18.5 Å². The number of esters is 2. The van der Waals surface area contributed by atoms with Crippen molar-refractivity contribution in [1.82, 2.24) is 19.5 Å². The lowest BCUT2D eigenvalue weighted by molar-refractivity contribution is -0.160. The topological polar surface area (TPSA) is 155 Å². The second-order valence-electron chi connectivity index (χ2n) is 15.1. The van der Waals surface area contributed by atoms with Gasteiger partial charge in [0.1, 0.15) is 18.1 Å². The van der Waals surface area contributed by atoms with Gasteiger partial charge in [0, 0.05) is 30.7 Å². The molecule has 0 aliphatic carbocycles. The Morgan fingerprint density at radius 3 is 2.33 bits per heavy atom. The number of hydrogen-bond acceptors (Lipinski definition) is 10. The Morgan fingerprint density at radius 1 is 1.07 bits per heavy atom. The standard InChI is InChI=1S/C41H56FN5O7/c1-8-10-11-12-13-14-15-16-17-18-19-20-32(50)44-37-36-38(46-39(42)45-37)47(26-43-36)33-23-31(41(9-2,25-48)54-33)53-34(51)24-40(6,7)35-28(4)21-27(3)22-30(35)52-29(5)49/h2,21-22,26,31,33,48H,8,10-20,23-25H2,1,3-7H3,(H,44,45,46,50)/t31-,33+,41+/m0/s1. The highest BCUT2D eigenvalue weighted by molar-refractivity contribution is 5.96. The van der Waals surface area contributed by atoms with Crippen LogP contribution in [-0.2, 0) is 29.3 Å². The van der Waals surface area contributed by atoms with E-state index in [2.05, 4.69) is 33.1 Å². The number of aliphatic hydroxyl groups excluding tert-OH is 1. The summed E-state index contributed by atoms with van der Waals surface area (Å²) in [7, 11) is 0. The lowest BCUT2D eigenvalue weighted by Crippen LogP contribution is -2.44. The van der Waals surface area contributed by atoms with Crippen LogP contribution in [0.5, 0.6) is 5.75 Å². The third-order valence-corrected chi connectivity index (χ3v) is 9.97. The van der Waals surface area contributed by atoms with E-state index < -0.39 is 48.0 Å². The monoisotopic (exact) mass is 749 g/mol. The van der Waals surface area contributed by atoms with Crippen LogP contribution in [0.4, 0.5) is 10.2 Å². The third-order valence-electron chi connectivity index (χ3n) is 9.97. The van der Waals surface area contributed by atoms with Gasteiger partial charge in [0.25, 0.3) is 0 Å². The van der Waals surface area contributed by atoms with Gasteiger partial charge in [-0.2, -0.15) is 14.4 Å². The van der Waals surface area contributed by atoms with Crippen molar-refractivity contribution in [2.24, 2.45) is 0 Å². The van der Waals surface area contributed by atoms with Crippen molar-refractivity contribution in [3.8, 4) is 18.1 Å². The summed E-state index contributed by atoms with van der Waals surface area (Å²) in [6, 6.07) is 3.69. The van der Waals surface area contributed by atoms with Gasteiger partial charge in [-0.15, -0.1) is 6.42 Å². The molecule has 2 N–H and O–H groups in total. The van der Waals surface area contributed by atoms with Gasteiger partial charge in [0.2, 0.25) is 5.91 Å². The van der Waals surface area contributed by atoms with E-state index in [-0.39, 0.29) is 42.2 Å². The summed E-state index contributed by atoms with van der Waals surface area (Å²) in [5.41, 5.74) is 0.0322. The first kappa shape index (κ1) is 42.3.